The average molecular weight is 379 g/mol. The van der Waals surface area contributed by atoms with Crippen LogP contribution in [0.3, 0.4) is 0 Å². The third-order valence-corrected chi connectivity index (χ3v) is 4.10. The molecular weight excluding hydrogens is 354 g/mol. The van der Waals surface area contributed by atoms with Gasteiger partial charge in [0.2, 0.25) is 0 Å². The molecule has 0 fully saturated rings. The first-order valence-electron chi connectivity index (χ1n) is 9.03. The van der Waals surface area contributed by atoms with E-state index in [0.29, 0.717) is 36.9 Å². The lowest BCUT2D eigenvalue weighted by Crippen LogP contribution is -2.26. The van der Waals surface area contributed by atoms with E-state index in [2.05, 4.69) is 0 Å². The van der Waals surface area contributed by atoms with E-state index in [1.165, 1.54) is 0 Å². The summed E-state index contributed by atoms with van der Waals surface area (Å²) in [6.07, 6.45) is 0. The van der Waals surface area contributed by atoms with E-state index in [4.69, 9.17) is 31.4 Å². The molecule has 146 valence electrons. The smallest absolute Gasteiger partial charge is 0.119 e. The molecule has 0 heterocycles. The van der Waals surface area contributed by atoms with E-state index < -0.39 is 0 Å². The number of benzene rings is 3. The molecule has 3 aromatic rings. The average Bonchev–Trinajstić information content (AvgIpc) is 2.71. The fraction of sp³-hybridized carbons (Fsp3) is 0.182. The molecule has 0 atom stereocenters. The van der Waals surface area contributed by atoms with Crippen molar-refractivity contribution in [2.75, 3.05) is 37.0 Å². The first kappa shape index (κ1) is 19.2. The van der Waals surface area contributed by atoms with Gasteiger partial charge in [-0.15, -0.1) is 0 Å². The molecule has 0 aromatic heterocycles. The van der Waals surface area contributed by atoms with Crippen LogP contribution in [0.2, 0.25) is 0 Å². The largest absolute Gasteiger partial charge is 0.493 e. The van der Waals surface area contributed by atoms with E-state index in [1.54, 1.807) is 36.4 Å². The molecule has 0 aliphatic heterocycles. The second-order valence-electron chi connectivity index (χ2n) is 6.51. The zero-order valence-electron chi connectivity index (χ0n) is 15.6. The van der Waals surface area contributed by atoms with Gasteiger partial charge in [0, 0.05) is 17.1 Å². The van der Waals surface area contributed by atoms with Gasteiger partial charge in [-0.05, 0) is 72.8 Å². The first-order chi connectivity index (χ1) is 13.6. The maximum absolute atomic E-state index is 5.88. The molecule has 0 amide bonds. The first-order valence-corrected chi connectivity index (χ1v) is 9.03. The van der Waals surface area contributed by atoms with Gasteiger partial charge in [-0.25, -0.2) is 0 Å². The van der Waals surface area contributed by atoms with Crippen LogP contribution in [0.25, 0.3) is 0 Å². The van der Waals surface area contributed by atoms with E-state index in [-0.39, 0.29) is 5.92 Å². The van der Waals surface area contributed by atoms with Gasteiger partial charge in [0.25, 0.3) is 0 Å². The van der Waals surface area contributed by atoms with Crippen LogP contribution in [0.4, 0.5) is 17.1 Å². The molecular formula is C22H25N3O3. The van der Waals surface area contributed by atoms with Crippen LogP contribution in [-0.4, -0.2) is 19.8 Å². The molecule has 6 nitrogen and oxygen atoms in total. The molecule has 0 aliphatic rings. The van der Waals surface area contributed by atoms with Crippen LogP contribution in [0.1, 0.15) is 0 Å². The summed E-state index contributed by atoms with van der Waals surface area (Å²) in [5, 5.41) is 0. The molecule has 0 radical (unpaired) electrons. The predicted octanol–water partition coefficient (Wildman–Crippen LogP) is 3.59. The van der Waals surface area contributed by atoms with Crippen molar-refractivity contribution in [1.82, 2.24) is 0 Å². The number of ether oxygens (including phenoxy) is 3. The lowest BCUT2D eigenvalue weighted by molar-refractivity contribution is 0.126. The van der Waals surface area contributed by atoms with E-state index >= 15 is 0 Å². The van der Waals surface area contributed by atoms with Gasteiger partial charge in [0.1, 0.15) is 17.2 Å². The lowest BCUT2D eigenvalue weighted by Gasteiger charge is -2.19. The van der Waals surface area contributed by atoms with Crippen molar-refractivity contribution < 1.29 is 14.2 Å². The molecule has 0 unspecified atom stereocenters. The van der Waals surface area contributed by atoms with Gasteiger partial charge in [-0.2, -0.15) is 0 Å². The Hall–Kier alpha value is -3.54. The van der Waals surface area contributed by atoms with Gasteiger partial charge in [0.15, 0.2) is 0 Å². The van der Waals surface area contributed by atoms with Gasteiger partial charge in [0.05, 0.1) is 25.7 Å². The van der Waals surface area contributed by atoms with Crippen molar-refractivity contribution in [3.63, 3.8) is 0 Å². The summed E-state index contributed by atoms with van der Waals surface area (Å²) in [4.78, 5) is 0. The van der Waals surface area contributed by atoms with Crippen molar-refractivity contribution in [3.05, 3.63) is 72.8 Å². The summed E-state index contributed by atoms with van der Waals surface area (Å²) in [6.45, 7) is 1.32. The second-order valence-corrected chi connectivity index (χ2v) is 6.51. The quantitative estimate of drug-likeness (QED) is 0.491. The maximum atomic E-state index is 5.88. The highest BCUT2D eigenvalue weighted by atomic mass is 16.5. The van der Waals surface area contributed by atoms with Crippen LogP contribution in [0.15, 0.2) is 72.8 Å². The van der Waals surface area contributed by atoms with Crippen molar-refractivity contribution >= 4 is 17.1 Å². The summed E-state index contributed by atoms with van der Waals surface area (Å²) in [6, 6.07) is 21.9. The van der Waals surface area contributed by atoms with Gasteiger partial charge in [-0.1, -0.05) is 0 Å². The minimum Gasteiger partial charge on any atom is -0.493 e. The van der Waals surface area contributed by atoms with Gasteiger partial charge < -0.3 is 31.4 Å². The zero-order valence-corrected chi connectivity index (χ0v) is 15.6. The zero-order chi connectivity index (χ0) is 19.8. The minimum atomic E-state index is 0.00709. The molecule has 0 aliphatic carbocycles. The predicted molar refractivity (Wildman–Crippen MR) is 113 cm³/mol. The van der Waals surface area contributed by atoms with Crippen LogP contribution in [-0.2, 0) is 0 Å². The Morgan fingerprint density at radius 3 is 0.964 bits per heavy atom. The van der Waals surface area contributed by atoms with Crippen LogP contribution in [0.5, 0.6) is 17.2 Å². The number of nitrogen functional groups attached to an aromatic ring is 3. The molecule has 3 aromatic carbocycles. The Kier molecular flexibility index (Phi) is 6.46. The lowest BCUT2D eigenvalue weighted by atomic mass is 10.2. The second kappa shape index (κ2) is 9.41. The highest BCUT2D eigenvalue weighted by molar-refractivity contribution is 5.43. The summed E-state index contributed by atoms with van der Waals surface area (Å²) in [5.41, 5.74) is 19.2. The van der Waals surface area contributed by atoms with Crippen LogP contribution < -0.4 is 31.4 Å². The molecule has 0 saturated heterocycles. The highest BCUT2D eigenvalue weighted by Crippen LogP contribution is 2.18. The normalized spacial score (nSPS) is 10.6. The number of rotatable bonds is 9. The standard InChI is InChI=1S/C22H25N3O3/c23-17-1-7-20(8-2-17)26-13-16(14-27-21-9-3-18(24)4-10-21)15-28-22-11-5-19(25)6-12-22/h1-12,16H,13-15,23-25H2. The van der Waals surface area contributed by atoms with Crippen molar-refractivity contribution in [2.24, 2.45) is 5.92 Å². The van der Waals surface area contributed by atoms with Crippen molar-refractivity contribution in [1.29, 1.82) is 0 Å². The fourth-order valence-corrected chi connectivity index (χ4v) is 2.48. The maximum Gasteiger partial charge on any atom is 0.119 e. The van der Waals surface area contributed by atoms with Crippen LogP contribution in [0, 0.1) is 5.92 Å². The van der Waals surface area contributed by atoms with E-state index in [0.717, 1.165) is 17.2 Å². The molecule has 0 saturated carbocycles. The number of hydrogen-bond donors (Lipinski definition) is 3. The minimum absolute atomic E-state index is 0.00709. The summed E-state index contributed by atoms with van der Waals surface area (Å²) in [5.74, 6) is 2.25. The fourth-order valence-electron chi connectivity index (χ4n) is 2.48. The van der Waals surface area contributed by atoms with Gasteiger partial charge in [-0.3, -0.25) is 0 Å². The van der Waals surface area contributed by atoms with Crippen molar-refractivity contribution in [2.45, 2.75) is 0 Å². The Bertz CT molecular complexity index is 732. The topological polar surface area (TPSA) is 106 Å². The van der Waals surface area contributed by atoms with E-state index in [1.807, 2.05) is 36.4 Å². The third-order valence-electron chi connectivity index (χ3n) is 4.10. The number of anilines is 3. The van der Waals surface area contributed by atoms with E-state index in [9.17, 15) is 0 Å². The molecule has 0 spiro atoms. The summed E-state index contributed by atoms with van der Waals surface area (Å²) in [7, 11) is 0. The Labute approximate surface area is 164 Å². The van der Waals surface area contributed by atoms with Crippen molar-refractivity contribution in [3.8, 4) is 17.2 Å². The molecule has 28 heavy (non-hydrogen) atoms. The Morgan fingerprint density at radius 1 is 0.464 bits per heavy atom. The number of hydrogen-bond acceptors (Lipinski definition) is 6. The number of nitrogens with two attached hydrogens (primary N) is 3. The Morgan fingerprint density at radius 2 is 0.714 bits per heavy atom. The highest BCUT2D eigenvalue weighted by Gasteiger charge is 2.13. The SMILES string of the molecule is Nc1ccc(OCC(COc2ccc(N)cc2)COc2ccc(N)cc2)cc1. The van der Waals surface area contributed by atoms with Crippen LogP contribution >= 0.6 is 0 Å². The molecule has 6 heteroatoms. The molecule has 6 N–H and O–H groups in total. The summed E-state index contributed by atoms with van der Waals surface area (Å²) < 4.78 is 17.6. The molecule has 3 rings (SSSR count). The summed E-state index contributed by atoms with van der Waals surface area (Å²) >= 11 is 0. The third kappa shape index (κ3) is 6.02. The monoisotopic (exact) mass is 379 g/mol. The Balaban J connectivity index is 1.58. The molecule has 0 bridgehead atoms. The van der Waals surface area contributed by atoms with Gasteiger partial charge >= 0.3 is 0 Å².